The quantitative estimate of drug-likeness (QED) is 0.682. The van der Waals surface area contributed by atoms with Gasteiger partial charge in [0.1, 0.15) is 12.1 Å². The van der Waals surface area contributed by atoms with Gasteiger partial charge in [-0.3, -0.25) is 9.59 Å². The molecule has 2 heterocycles. The van der Waals surface area contributed by atoms with Crippen molar-refractivity contribution in [1.29, 1.82) is 0 Å². The highest BCUT2D eigenvalue weighted by Gasteiger charge is 2.18. The molecule has 144 valence electrons. The molecule has 28 heavy (non-hydrogen) atoms. The molecule has 1 aromatic heterocycles. The van der Waals surface area contributed by atoms with Gasteiger partial charge in [-0.2, -0.15) is 0 Å². The predicted molar refractivity (Wildman–Crippen MR) is 104 cm³/mol. The Morgan fingerprint density at radius 2 is 1.96 bits per heavy atom. The number of nitrogens with one attached hydrogen (secondary N) is 2. The van der Waals surface area contributed by atoms with Gasteiger partial charge in [0.15, 0.2) is 0 Å². The lowest BCUT2D eigenvalue weighted by Gasteiger charge is -2.14. The van der Waals surface area contributed by atoms with Crippen LogP contribution < -0.4 is 10.6 Å². The van der Waals surface area contributed by atoms with E-state index in [9.17, 15) is 9.59 Å². The molecular weight excluding hydrogens is 358 g/mol. The van der Waals surface area contributed by atoms with Gasteiger partial charge in [0.25, 0.3) is 5.91 Å². The zero-order valence-corrected chi connectivity index (χ0v) is 15.3. The Bertz CT molecular complexity index is 994. The van der Waals surface area contributed by atoms with Crippen molar-refractivity contribution >= 4 is 28.5 Å². The van der Waals surface area contributed by atoms with Crippen LogP contribution in [0.15, 0.2) is 48.5 Å². The first-order valence-electron chi connectivity index (χ1n) is 9.27. The fourth-order valence-electron chi connectivity index (χ4n) is 3.26. The minimum absolute atomic E-state index is 0.00633. The second kappa shape index (κ2) is 8.18. The van der Waals surface area contributed by atoms with Crippen LogP contribution in [0.25, 0.3) is 11.0 Å². The Kier molecular flexibility index (Phi) is 5.29. The first kappa shape index (κ1) is 18.1. The number of ether oxygens (including phenoxy) is 1. The number of rotatable bonds is 6. The van der Waals surface area contributed by atoms with Crippen LogP contribution in [-0.4, -0.2) is 46.1 Å². The number of benzene rings is 2. The molecule has 0 spiro atoms. The van der Waals surface area contributed by atoms with Crippen molar-refractivity contribution in [3.8, 4) is 0 Å². The molecule has 3 aromatic rings. The Balaban J connectivity index is 1.42. The lowest BCUT2D eigenvalue weighted by molar-refractivity contribution is -0.116. The molecule has 0 radical (unpaired) electrons. The summed E-state index contributed by atoms with van der Waals surface area (Å²) in [6.07, 6.45) is 2.03. The lowest BCUT2D eigenvalue weighted by Crippen LogP contribution is -2.32. The number of amides is 2. The molecule has 2 aromatic carbocycles. The monoisotopic (exact) mass is 379 g/mol. The van der Waals surface area contributed by atoms with E-state index in [0.29, 0.717) is 17.8 Å². The highest BCUT2D eigenvalue weighted by Crippen LogP contribution is 2.17. The maximum atomic E-state index is 12.5. The van der Waals surface area contributed by atoms with Crippen molar-refractivity contribution in [1.82, 2.24) is 20.3 Å². The second-order valence-corrected chi connectivity index (χ2v) is 6.67. The second-order valence-electron chi connectivity index (χ2n) is 6.67. The van der Waals surface area contributed by atoms with Crippen LogP contribution in [0, 0.1) is 0 Å². The smallest absolute Gasteiger partial charge is 0.253 e. The first-order valence-corrected chi connectivity index (χ1v) is 9.27. The number of para-hydroxylation sites is 2. The summed E-state index contributed by atoms with van der Waals surface area (Å²) < 4.78 is 7.06. The summed E-state index contributed by atoms with van der Waals surface area (Å²) in [6, 6.07) is 14.4. The Labute approximate surface area is 161 Å². The standard InChI is InChI=1S/C20H21N5O3/c26-19(13-25-18-10-4-3-9-17(18)23-24-25)22-16-8-2-1-7-15(16)20(27)21-12-14-6-5-11-28-14/h1-4,7-10,14H,5-6,11-13H2,(H,21,27)(H,22,26). The van der Waals surface area contributed by atoms with Crippen molar-refractivity contribution in [2.24, 2.45) is 0 Å². The van der Waals surface area contributed by atoms with E-state index in [1.165, 1.54) is 4.68 Å². The summed E-state index contributed by atoms with van der Waals surface area (Å²) >= 11 is 0. The molecule has 1 unspecified atom stereocenters. The molecule has 1 saturated heterocycles. The van der Waals surface area contributed by atoms with E-state index in [0.717, 1.165) is 30.5 Å². The summed E-state index contributed by atoms with van der Waals surface area (Å²) in [7, 11) is 0. The lowest BCUT2D eigenvalue weighted by atomic mass is 10.1. The maximum absolute atomic E-state index is 12.5. The molecule has 0 aliphatic carbocycles. The van der Waals surface area contributed by atoms with Gasteiger partial charge in [0.05, 0.1) is 22.9 Å². The Hall–Kier alpha value is -3.26. The van der Waals surface area contributed by atoms with E-state index in [4.69, 9.17) is 4.74 Å². The van der Waals surface area contributed by atoms with Crippen molar-refractivity contribution < 1.29 is 14.3 Å². The van der Waals surface area contributed by atoms with E-state index in [2.05, 4.69) is 20.9 Å². The van der Waals surface area contributed by atoms with Crippen molar-refractivity contribution in [3.63, 3.8) is 0 Å². The molecule has 4 rings (SSSR count). The van der Waals surface area contributed by atoms with Crippen LogP contribution in [-0.2, 0) is 16.1 Å². The number of nitrogens with zero attached hydrogens (tertiary/aromatic N) is 3. The summed E-state index contributed by atoms with van der Waals surface area (Å²) in [4.78, 5) is 25.1. The average Bonchev–Trinajstić information content (AvgIpc) is 3.37. The number of carbonyl (C=O) groups excluding carboxylic acids is 2. The van der Waals surface area contributed by atoms with E-state index in [-0.39, 0.29) is 24.5 Å². The van der Waals surface area contributed by atoms with Gasteiger partial charge in [-0.1, -0.05) is 29.5 Å². The van der Waals surface area contributed by atoms with Gasteiger partial charge >= 0.3 is 0 Å². The molecule has 0 bridgehead atoms. The van der Waals surface area contributed by atoms with Gasteiger partial charge in [-0.15, -0.1) is 5.10 Å². The third kappa shape index (κ3) is 4.01. The van der Waals surface area contributed by atoms with Crippen molar-refractivity contribution in [3.05, 3.63) is 54.1 Å². The molecule has 0 saturated carbocycles. The number of fused-ring (bicyclic) bond motifs is 1. The van der Waals surface area contributed by atoms with Crippen LogP contribution in [0.4, 0.5) is 5.69 Å². The fraction of sp³-hybridized carbons (Fsp3) is 0.300. The first-order chi connectivity index (χ1) is 13.7. The number of hydrogen-bond donors (Lipinski definition) is 2. The fourth-order valence-corrected chi connectivity index (χ4v) is 3.26. The highest BCUT2D eigenvalue weighted by atomic mass is 16.5. The number of anilines is 1. The summed E-state index contributed by atoms with van der Waals surface area (Å²) in [5.74, 6) is -0.521. The van der Waals surface area contributed by atoms with Crippen molar-refractivity contribution in [2.45, 2.75) is 25.5 Å². The number of hydrogen-bond acceptors (Lipinski definition) is 5. The summed E-state index contributed by atoms with van der Waals surface area (Å²) in [5, 5.41) is 13.7. The van der Waals surface area contributed by atoms with Gasteiger partial charge in [-0.05, 0) is 37.1 Å². The largest absolute Gasteiger partial charge is 0.376 e. The minimum Gasteiger partial charge on any atom is -0.376 e. The minimum atomic E-state index is -0.282. The van der Waals surface area contributed by atoms with Crippen LogP contribution in [0.2, 0.25) is 0 Å². The van der Waals surface area contributed by atoms with Crippen LogP contribution >= 0.6 is 0 Å². The molecular formula is C20H21N5O3. The van der Waals surface area contributed by atoms with Gasteiger partial charge in [0, 0.05) is 13.2 Å². The van der Waals surface area contributed by atoms with Crippen LogP contribution in [0.1, 0.15) is 23.2 Å². The number of aromatic nitrogens is 3. The average molecular weight is 379 g/mol. The molecule has 1 aliphatic heterocycles. The van der Waals surface area contributed by atoms with E-state index in [1.54, 1.807) is 24.3 Å². The third-order valence-corrected chi connectivity index (χ3v) is 4.67. The van der Waals surface area contributed by atoms with Gasteiger partial charge < -0.3 is 15.4 Å². The van der Waals surface area contributed by atoms with Gasteiger partial charge in [0.2, 0.25) is 5.91 Å². The molecule has 2 amide bonds. The Morgan fingerprint density at radius 3 is 2.82 bits per heavy atom. The van der Waals surface area contributed by atoms with Crippen molar-refractivity contribution in [2.75, 3.05) is 18.5 Å². The normalized spacial score (nSPS) is 16.2. The predicted octanol–water partition coefficient (Wildman–Crippen LogP) is 1.98. The van der Waals surface area contributed by atoms with Gasteiger partial charge in [-0.25, -0.2) is 4.68 Å². The Morgan fingerprint density at radius 1 is 1.14 bits per heavy atom. The zero-order chi connectivity index (χ0) is 19.3. The van der Waals surface area contributed by atoms with Crippen LogP contribution in [0.3, 0.4) is 0 Å². The molecule has 1 fully saturated rings. The summed E-state index contributed by atoms with van der Waals surface area (Å²) in [6.45, 7) is 1.21. The molecule has 1 atom stereocenters. The molecule has 8 heteroatoms. The summed E-state index contributed by atoms with van der Waals surface area (Å²) in [5.41, 5.74) is 2.38. The SMILES string of the molecule is O=C(Cn1nnc2ccccc21)Nc1ccccc1C(=O)NCC1CCCO1. The third-order valence-electron chi connectivity index (χ3n) is 4.67. The number of carbonyl (C=O) groups is 2. The van der Waals surface area contributed by atoms with E-state index < -0.39 is 0 Å². The highest BCUT2D eigenvalue weighted by molar-refractivity contribution is 6.03. The van der Waals surface area contributed by atoms with E-state index >= 15 is 0 Å². The zero-order valence-electron chi connectivity index (χ0n) is 15.3. The van der Waals surface area contributed by atoms with E-state index in [1.807, 2.05) is 24.3 Å². The van der Waals surface area contributed by atoms with Crippen LogP contribution in [0.5, 0.6) is 0 Å². The molecule has 2 N–H and O–H groups in total. The topological polar surface area (TPSA) is 98.1 Å². The molecule has 8 nitrogen and oxygen atoms in total. The maximum Gasteiger partial charge on any atom is 0.253 e. The molecule has 1 aliphatic rings.